The van der Waals surface area contributed by atoms with Crippen LogP contribution in [0.4, 0.5) is 4.79 Å². The van der Waals surface area contributed by atoms with Gasteiger partial charge < -0.3 is 9.67 Å². The number of carboxylic acids is 1. The Morgan fingerprint density at radius 3 is 2.40 bits per heavy atom. The first-order valence-electron chi connectivity index (χ1n) is 7.66. The van der Waals surface area contributed by atoms with Crippen molar-refractivity contribution in [3.05, 3.63) is 58.8 Å². The van der Waals surface area contributed by atoms with Gasteiger partial charge in [-0.1, -0.05) is 0 Å². The molecule has 0 aliphatic carbocycles. The number of thioether (sulfide) groups is 1. The van der Waals surface area contributed by atoms with E-state index in [9.17, 15) is 14.4 Å². The summed E-state index contributed by atoms with van der Waals surface area (Å²) in [4.78, 5) is 37.0. The predicted molar refractivity (Wildman–Crippen MR) is 95.7 cm³/mol. The van der Waals surface area contributed by atoms with Crippen molar-refractivity contribution in [2.75, 3.05) is 0 Å². The Hall–Kier alpha value is -2.80. The summed E-state index contributed by atoms with van der Waals surface area (Å²) in [5.41, 5.74) is 1.71. The van der Waals surface area contributed by atoms with Crippen LogP contribution < -0.4 is 0 Å². The van der Waals surface area contributed by atoms with E-state index in [1.807, 2.05) is 22.9 Å². The van der Waals surface area contributed by atoms with Gasteiger partial charge in [0.25, 0.3) is 11.1 Å². The molecule has 0 atom stereocenters. The van der Waals surface area contributed by atoms with Gasteiger partial charge in [0.1, 0.15) is 0 Å². The average Bonchev–Trinajstić information content (AvgIpc) is 3.12. The summed E-state index contributed by atoms with van der Waals surface area (Å²) in [5.74, 6) is -1.28. The largest absolute Gasteiger partial charge is 0.478 e. The van der Waals surface area contributed by atoms with E-state index in [-0.39, 0.29) is 22.8 Å². The van der Waals surface area contributed by atoms with Crippen LogP contribution in [0.5, 0.6) is 0 Å². The maximum absolute atomic E-state index is 12.4. The number of aromatic nitrogens is 1. The minimum Gasteiger partial charge on any atom is -0.478 e. The van der Waals surface area contributed by atoms with Crippen LogP contribution in [0.25, 0.3) is 11.8 Å². The van der Waals surface area contributed by atoms with Gasteiger partial charge in [-0.25, -0.2) is 4.79 Å². The second-order valence-electron chi connectivity index (χ2n) is 5.80. The highest BCUT2D eigenvalue weighted by Gasteiger charge is 2.36. The number of carbonyl (C=O) groups excluding carboxylic acids is 2. The summed E-state index contributed by atoms with van der Waals surface area (Å²) in [6.07, 6.45) is 3.49. The number of nitrogens with zero attached hydrogens (tertiary/aromatic N) is 2. The van der Waals surface area contributed by atoms with E-state index >= 15 is 0 Å². The second kappa shape index (κ2) is 6.60. The van der Waals surface area contributed by atoms with Crippen LogP contribution in [0.15, 0.2) is 47.5 Å². The number of carboxylic acid groups (broad SMARTS) is 1. The van der Waals surface area contributed by atoms with Crippen LogP contribution in [-0.2, 0) is 4.79 Å². The predicted octanol–water partition coefficient (Wildman–Crippen LogP) is 3.62. The summed E-state index contributed by atoms with van der Waals surface area (Å²) in [7, 11) is 0. The van der Waals surface area contributed by atoms with E-state index < -0.39 is 5.97 Å². The zero-order valence-electron chi connectivity index (χ0n) is 13.7. The van der Waals surface area contributed by atoms with Crippen LogP contribution in [0.2, 0.25) is 0 Å². The molecule has 1 aliphatic heterocycles. The number of rotatable bonds is 4. The molecule has 25 heavy (non-hydrogen) atoms. The fourth-order valence-corrected chi connectivity index (χ4v) is 3.52. The number of imide groups is 1. The molecule has 1 aromatic heterocycles. The molecule has 2 aromatic rings. The fourth-order valence-electron chi connectivity index (χ4n) is 2.57. The lowest BCUT2D eigenvalue weighted by atomic mass is 10.2. The number of benzene rings is 1. The van der Waals surface area contributed by atoms with E-state index in [1.165, 1.54) is 17.0 Å². The Morgan fingerprint density at radius 2 is 1.84 bits per heavy atom. The first kappa shape index (κ1) is 17.0. The third-order valence-electron chi connectivity index (χ3n) is 3.79. The molecular formula is C18H16N2O4S. The first-order valence-corrected chi connectivity index (χ1v) is 8.48. The van der Waals surface area contributed by atoms with Crippen LogP contribution in [0.3, 0.4) is 0 Å². The molecule has 2 amide bonds. The lowest BCUT2D eigenvalue weighted by molar-refractivity contribution is -0.123. The standard InChI is InChI=1S/C18H16N2O4S/c1-11(2)20-16(21)15(25-18(20)24)10-14-4-3-9-19(14)13-7-5-12(6-8-13)17(22)23/h3-11H,1-2H3,(H,22,23)/b15-10-. The van der Waals surface area contributed by atoms with Gasteiger partial charge in [-0.3, -0.25) is 14.5 Å². The second-order valence-corrected chi connectivity index (χ2v) is 6.79. The number of aromatic carboxylic acids is 1. The Morgan fingerprint density at radius 1 is 1.16 bits per heavy atom. The smallest absolute Gasteiger partial charge is 0.335 e. The van der Waals surface area contributed by atoms with Crippen LogP contribution >= 0.6 is 11.8 Å². The molecular weight excluding hydrogens is 340 g/mol. The lowest BCUT2D eigenvalue weighted by Gasteiger charge is -2.16. The van der Waals surface area contributed by atoms with Gasteiger partial charge in [0.15, 0.2) is 0 Å². The minimum atomic E-state index is -0.985. The molecule has 2 heterocycles. The molecule has 0 radical (unpaired) electrons. The zero-order chi connectivity index (χ0) is 18.1. The van der Waals surface area contributed by atoms with Crippen molar-refractivity contribution in [3.8, 4) is 5.69 Å². The Kier molecular flexibility index (Phi) is 4.50. The minimum absolute atomic E-state index is 0.186. The summed E-state index contributed by atoms with van der Waals surface area (Å²) < 4.78 is 1.83. The van der Waals surface area contributed by atoms with E-state index in [2.05, 4.69) is 0 Å². The molecule has 128 valence electrons. The van der Waals surface area contributed by atoms with E-state index in [1.54, 1.807) is 32.1 Å². The fraction of sp³-hybridized carbons (Fsp3) is 0.167. The van der Waals surface area contributed by atoms with Gasteiger partial charge in [0, 0.05) is 23.6 Å². The van der Waals surface area contributed by atoms with E-state index in [0.29, 0.717) is 4.91 Å². The molecule has 1 aliphatic rings. The highest BCUT2D eigenvalue weighted by molar-refractivity contribution is 8.18. The number of hydrogen-bond donors (Lipinski definition) is 1. The topological polar surface area (TPSA) is 79.6 Å². The number of amides is 2. The third-order valence-corrected chi connectivity index (χ3v) is 4.68. The zero-order valence-corrected chi connectivity index (χ0v) is 14.5. The van der Waals surface area contributed by atoms with E-state index in [0.717, 1.165) is 23.1 Å². The molecule has 7 heteroatoms. The van der Waals surface area contributed by atoms with Gasteiger partial charge in [-0.2, -0.15) is 0 Å². The molecule has 0 spiro atoms. The first-order chi connectivity index (χ1) is 11.9. The van der Waals surface area contributed by atoms with Crippen molar-refractivity contribution < 1.29 is 19.5 Å². The summed E-state index contributed by atoms with van der Waals surface area (Å²) in [5, 5.41) is 8.71. The number of carbonyl (C=O) groups is 3. The lowest BCUT2D eigenvalue weighted by Crippen LogP contribution is -2.34. The van der Waals surface area contributed by atoms with Crippen LogP contribution in [0, 0.1) is 0 Å². The van der Waals surface area contributed by atoms with Crippen molar-refractivity contribution in [1.82, 2.24) is 9.47 Å². The van der Waals surface area contributed by atoms with Gasteiger partial charge in [-0.15, -0.1) is 0 Å². The van der Waals surface area contributed by atoms with Gasteiger partial charge in [0.05, 0.1) is 10.5 Å². The average molecular weight is 356 g/mol. The monoisotopic (exact) mass is 356 g/mol. The molecule has 6 nitrogen and oxygen atoms in total. The van der Waals surface area contributed by atoms with Crippen molar-refractivity contribution in [3.63, 3.8) is 0 Å². The van der Waals surface area contributed by atoms with Crippen molar-refractivity contribution in [2.45, 2.75) is 19.9 Å². The SMILES string of the molecule is CC(C)N1C(=O)S/C(=C\c2cccn2-c2ccc(C(=O)O)cc2)C1=O. The third kappa shape index (κ3) is 3.23. The Labute approximate surface area is 148 Å². The van der Waals surface area contributed by atoms with Gasteiger partial charge in [0.2, 0.25) is 0 Å². The van der Waals surface area contributed by atoms with Crippen LogP contribution in [-0.4, -0.2) is 37.7 Å². The Bertz CT molecular complexity index is 881. The maximum atomic E-state index is 12.4. The van der Waals surface area contributed by atoms with E-state index in [4.69, 9.17) is 5.11 Å². The molecule has 3 rings (SSSR count). The molecule has 0 unspecified atom stereocenters. The highest BCUT2D eigenvalue weighted by atomic mass is 32.2. The summed E-state index contributed by atoms with van der Waals surface area (Å²) in [6, 6.07) is 9.90. The molecule has 0 saturated carbocycles. The maximum Gasteiger partial charge on any atom is 0.335 e. The molecule has 1 aromatic carbocycles. The van der Waals surface area contributed by atoms with Crippen molar-refractivity contribution >= 4 is 35.0 Å². The highest BCUT2D eigenvalue weighted by Crippen LogP contribution is 2.33. The van der Waals surface area contributed by atoms with Crippen LogP contribution in [0.1, 0.15) is 29.9 Å². The number of hydrogen-bond acceptors (Lipinski definition) is 4. The van der Waals surface area contributed by atoms with Gasteiger partial charge >= 0.3 is 5.97 Å². The Balaban J connectivity index is 1.94. The molecule has 1 N–H and O–H groups in total. The van der Waals surface area contributed by atoms with Crippen molar-refractivity contribution in [1.29, 1.82) is 0 Å². The molecule has 1 saturated heterocycles. The normalized spacial score (nSPS) is 16.3. The van der Waals surface area contributed by atoms with Gasteiger partial charge in [-0.05, 0) is 68.1 Å². The molecule has 1 fully saturated rings. The van der Waals surface area contributed by atoms with Crippen molar-refractivity contribution in [2.24, 2.45) is 0 Å². The quantitative estimate of drug-likeness (QED) is 0.847. The summed E-state index contributed by atoms with van der Waals surface area (Å²) in [6.45, 7) is 3.60. The molecule has 0 bridgehead atoms. The summed E-state index contributed by atoms with van der Waals surface area (Å²) >= 11 is 0.926.